The van der Waals surface area contributed by atoms with Gasteiger partial charge in [-0.25, -0.2) is 0 Å². The second-order valence-electron chi connectivity index (χ2n) is 8.92. The van der Waals surface area contributed by atoms with Crippen LogP contribution in [0.5, 0.6) is 0 Å². The first kappa shape index (κ1) is 21.4. The zero-order chi connectivity index (χ0) is 19.2. The smallest absolute Gasteiger partial charge is 0.184 e. The number of ether oxygens (including phenoxy) is 4. The fourth-order valence-corrected chi connectivity index (χ4v) is 2.93. The van der Waals surface area contributed by atoms with E-state index in [0.29, 0.717) is 26.4 Å². The summed E-state index contributed by atoms with van der Waals surface area (Å²) in [6.45, 7) is 15.9. The Labute approximate surface area is 159 Å². The minimum absolute atomic E-state index is 0.0279. The third kappa shape index (κ3) is 6.34. The monoisotopic (exact) mass is 364 g/mol. The molecule has 1 aliphatic rings. The average Bonchev–Trinajstić information content (AvgIpc) is 2.59. The highest BCUT2D eigenvalue weighted by Gasteiger charge is 2.34. The molecule has 0 radical (unpaired) electrons. The van der Waals surface area contributed by atoms with E-state index in [9.17, 15) is 0 Å². The highest BCUT2D eigenvalue weighted by molar-refractivity contribution is 5.16. The predicted molar refractivity (Wildman–Crippen MR) is 104 cm³/mol. The lowest BCUT2D eigenvalue weighted by Gasteiger charge is -2.40. The third-order valence-corrected chi connectivity index (χ3v) is 5.61. The third-order valence-electron chi connectivity index (χ3n) is 5.61. The van der Waals surface area contributed by atoms with Crippen molar-refractivity contribution in [2.24, 2.45) is 10.8 Å². The topological polar surface area (TPSA) is 36.9 Å². The van der Waals surface area contributed by atoms with E-state index in [1.807, 2.05) is 30.3 Å². The Balaban J connectivity index is 1.61. The summed E-state index contributed by atoms with van der Waals surface area (Å²) in [5.74, 6) is 0. The first-order valence-electron chi connectivity index (χ1n) is 9.70. The lowest BCUT2D eigenvalue weighted by Crippen LogP contribution is -2.35. The molecule has 4 heteroatoms. The van der Waals surface area contributed by atoms with E-state index in [1.54, 1.807) is 0 Å². The van der Waals surface area contributed by atoms with Gasteiger partial charge in [-0.05, 0) is 24.2 Å². The summed E-state index contributed by atoms with van der Waals surface area (Å²) in [6.07, 6.45) is 0.936. The molecule has 26 heavy (non-hydrogen) atoms. The van der Waals surface area contributed by atoms with Crippen LogP contribution in [0, 0.1) is 10.8 Å². The molecule has 0 N–H and O–H groups in total. The van der Waals surface area contributed by atoms with E-state index < -0.39 is 0 Å². The largest absolute Gasteiger partial charge is 0.376 e. The van der Waals surface area contributed by atoms with Gasteiger partial charge in [0.25, 0.3) is 0 Å². The quantitative estimate of drug-likeness (QED) is 0.609. The molecule has 0 amide bonds. The van der Waals surface area contributed by atoms with Crippen LogP contribution in [0.3, 0.4) is 0 Å². The summed E-state index contributed by atoms with van der Waals surface area (Å²) < 4.78 is 23.3. The van der Waals surface area contributed by atoms with Crippen LogP contribution in [0.4, 0.5) is 0 Å². The Bertz CT molecular complexity index is 513. The van der Waals surface area contributed by atoms with Crippen LogP contribution in [-0.2, 0) is 18.9 Å². The summed E-state index contributed by atoms with van der Waals surface area (Å²) in [7, 11) is 0. The molecular weight excluding hydrogens is 328 g/mol. The van der Waals surface area contributed by atoms with Crippen LogP contribution >= 0.6 is 0 Å². The Morgan fingerprint density at radius 2 is 1.62 bits per heavy atom. The van der Waals surface area contributed by atoms with Gasteiger partial charge >= 0.3 is 0 Å². The van der Waals surface area contributed by atoms with Crippen LogP contribution in [-0.4, -0.2) is 38.6 Å². The van der Waals surface area contributed by atoms with Gasteiger partial charge in [0.1, 0.15) is 6.10 Å². The maximum absolute atomic E-state index is 5.95. The Morgan fingerprint density at radius 1 is 1.00 bits per heavy atom. The van der Waals surface area contributed by atoms with Crippen LogP contribution in [0.25, 0.3) is 0 Å². The van der Waals surface area contributed by atoms with Gasteiger partial charge in [0.2, 0.25) is 0 Å². The lowest BCUT2D eigenvalue weighted by molar-refractivity contribution is -0.232. The molecule has 0 spiro atoms. The van der Waals surface area contributed by atoms with Gasteiger partial charge in [-0.15, -0.1) is 0 Å². The molecule has 0 aliphatic carbocycles. The van der Waals surface area contributed by atoms with Gasteiger partial charge in [-0.3, -0.25) is 0 Å². The molecule has 148 valence electrons. The molecule has 1 aromatic rings. The summed E-state index contributed by atoms with van der Waals surface area (Å²) in [4.78, 5) is 0. The van der Waals surface area contributed by atoms with Crippen molar-refractivity contribution in [3.8, 4) is 0 Å². The van der Waals surface area contributed by atoms with Crippen LogP contribution < -0.4 is 0 Å². The van der Waals surface area contributed by atoms with E-state index >= 15 is 0 Å². The van der Waals surface area contributed by atoms with Crippen LogP contribution in [0.15, 0.2) is 30.3 Å². The van der Waals surface area contributed by atoms with E-state index in [1.165, 1.54) is 0 Å². The minimum atomic E-state index is -0.285. The predicted octanol–water partition coefficient (Wildman–Crippen LogP) is 4.98. The van der Waals surface area contributed by atoms with Gasteiger partial charge < -0.3 is 18.9 Å². The van der Waals surface area contributed by atoms with E-state index in [2.05, 4.69) is 41.5 Å². The average molecular weight is 365 g/mol. The molecule has 0 aromatic heterocycles. The van der Waals surface area contributed by atoms with Crippen molar-refractivity contribution < 1.29 is 18.9 Å². The van der Waals surface area contributed by atoms with Crippen molar-refractivity contribution in [1.82, 2.24) is 0 Å². The second kappa shape index (κ2) is 9.32. The van der Waals surface area contributed by atoms with Crippen molar-refractivity contribution in [2.45, 2.75) is 66.5 Å². The molecule has 0 saturated carbocycles. The van der Waals surface area contributed by atoms with Crippen molar-refractivity contribution in [1.29, 1.82) is 0 Å². The standard InChI is InChI=1S/C22H36O4/c1-17(14-22(5,6)21(2,3)4)23-12-13-24-19-15-25-20(26-16-19)18-10-8-7-9-11-18/h7-11,17,19-20H,12-16H2,1-6H3. The Hall–Kier alpha value is -0.940. The van der Waals surface area contributed by atoms with E-state index in [-0.39, 0.29) is 29.3 Å². The molecule has 0 bridgehead atoms. The van der Waals surface area contributed by atoms with Crippen molar-refractivity contribution >= 4 is 0 Å². The van der Waals surface area contributed by atoms with Gasteiger partial charge in [0.05, 0.1) is 32.5 Å². The molecule has 1 saturated heterocycles. The summed E-state index contributed by atoms with van der Waals surface area (Å²) in [5, 5.41) is 0. The Kier molecular flexibility index (Phi) is 7.65. The highest BCUT2D eigenvalue weighted by atomic mass is 16.7. The van der Waals surface area contributed by atoms with Crippen molar-refractivity contribution in [2.75, 3.05) is 26.4 Å². The van der Waals surface area contributed by atoms with Gasteiger partial charge in [-0.2, -0.15) is 0 Å². The highest BCUT2D eigenvalue weighted by Crippen LogP contribution is 2.41. The lowest BCUT2D eigenvalue weighted by atomic mass is 9.66. The fraction of sp³-hybridized carbons (Fsp3) is 0.727. The second-order valence-corrected chi connectivity index (χ2v) is 8.92. The van der Waals surface area contributed by atoms with Gasteiger partial charge in [0.15, 0.2) is 6.29 Å². The zero-order valence-electron chi connectivity index (χ0n) is 17.3. The molecule has 2 rings (SSSR count). The minimum Gasteiger partial charge on any atom is -0.376 e. The molecule has 1 aliphatic heterocycles. The SMILES string of the molecule is CC(CC(C)(C)C(C)(C)C)OCCOC1COC(c2ccccc2)OC1. The molecule has 1 unspecified atom stereocenters. The Morgan fingerprint density at radius 3 is 2.19 bits per heavy atom. The zero-order valence-corrected chi connectivity index (χ0v) is 17.3. The van der Waals surface area contributed by atoms with Crippen molar-refractivity contribution in [3.63, 3.8) is 0 Å². The number of benzene rings is 1. The van der Waals surface area contributed by atoms with Gasteiger partial charge in [-0.1, -0.05) is 65.0 Å². The maximum atomic E-state index is 5.95. The molecule has 4 nitrogen and oxygen atoms in total. The molecule has 1 aromatic carbocycles. The normalized spacial score (nSPS) is 23.0. The van der Waals surface area contributed by atoms with E-state index in [4.69, 9.17) is 18.9 Å². The van der Waals surface area contributed by atoms with Crippen LogP contribution in [0.1, 0.15) is 59.8 Å². The first-order chi connectivity index (χ1) is 12.2. The summed E-state index contributed by atoms with van der Waals surface area (Å²) in [5.41, 5.74) is 1.53. The molecular formula is C22H36O4. The molecule has 1 atom stereocenters. The van der Waals surface area contributed by atoms with Crippen molar-refractivity contribution in [3.05, 3.63) is 35.9 Å². The van der Waals surface area contributed by atoms with E-state index in [0.717, 1.165) is 12.0 Å². The first-order valence-corrected chi connectivity index (χ1v) is 9.70. The number of rotatable bonds is 8. The maximum Gasteiger partial charge on any atom is 0.184 e. The van der Waals surface area contributed by atoms with Gasteiger partial charge in [0, 0.05) is 5.56 Å². The summed E-state index contributed by atoms with van der Waals surface area (Å²) >= 11 is 0. The number of hydrogen-bond donors (Lipinski definition) is 0. The van der Waals surface area contributed by atoms with Crippen LogP contribution in [0.2, 0.25) is 0 Å². The fourth-order valence-electron chi connectivity index (χ4n) is 2.93. The molecule has 1 heterocycles. The summed E-state index contributed by atoms with van der Waals surface area (Å²) in [6, 6.07) is 10.00. The molecule has 1 fully saturated rings. The number of hydrogen-bond acceptors (Lipinski definition) is 4.